The molecule has 1 amide bonds. The predicted molar refractivity (Wildman–Crippen MR) is 112 cm³/mol. The molecule has 4 rings (SSSR count). The second-order valence-electron chi connectivity index (χ2n) is 8.08. The second-order valence-corrected chi connectivity index (χ2v) is 8.08. The molecule has 1 fully saturated rings. The summed E-state index contributed by atoms with van der Waals surface area (Å²) in [5.74, 6) is 0.800. The molecule has 2 atom stereocenters. The highest BCUT2D eigenvalue weighted by Crippen LogP contribution is 2.31. The maximum atomic E-state index is 13.0. The molecule has 0 spiro atoms. The van der Waals surface area contributed by atoms with Crippen molar-refractivity contribution in [2.75, 3.05) is 13.1 Å². The topological polar surface area (TPSA) is 72.6 Å². The van der Waals surface area contributed by atoms with E-state index < -0.39 is 0 Å². The summed E-state index contributed by atoms with van der Waals surface area (Å²) in [6.45, 7) is 2.18. The SMILES string of the molecule is NC(=O)[C@H]1CCCN1CCC1CCc2cc(OCc3ccccc3)ccc2C1=O. The lowest BCUT2D eigenvalue weighted by Gasteiger charge is -2.27. The van der Waals surface area contributed by atoms with Crippen molar-refractivity contribution in [2.45, 2.75) is 44.8 Å². The van der Waals surface area contributed by atoms with Crippen LogP contribution in [0.5, 0.6) is 5.75 Å². The molecule has 1 unspecified atom stereocenters. The smallest absolute Gasteiger partial charge is 0.234 e. The highest BCUT2D eigenvalue weighted by atomic mass is 16.5. The molecule has 1 heterocycles. The molecule has 152 valence electrons. The molecule has 1 saturated heterocycles. The van der Waals surface area contributed by atoms with Crippen molar-refractivity contribution in [3.63, 3.8) is 0 Å². The number of ketones is 1. The third-order valence-electron chi connectivity index (χ3n) is 6.18. The Bertz CT molecular complexity index is 881. The Labute approximate surface area is 171 Å². The Kier molecular flexibility index (Phi) is 5.95. The number of rotatable bonds is 7. The van der Waals surface area contributed by atoms with Crippen LogP contribution in [0.25, 0.3) is 0 Å². The van der Waals surface area contributed by atoms with Crippen LogP contribution in [0.2, 0.25) is 0 Å². The van der Waals surface area contributed by atoms with Crippen LogP contribution >= 0.6 is 0 Å². The van der Waals surface area contributed by atoms with Gasteiger partial charge in [0.2, 0.25) is 5.91 Å². The summed E-state index contributed by atoms with van der Waals surface area (Å²) in [6, 6.07) is 15.7. The molecule has 1 aliphatic heterocycles. The van der Waals surface area contributed by atoms with Gasteiger partial charge in [0.15, 0.2) is 5.78 Å². The first kappa shape index (κ1) is 19.6. The van der Waals surface area contributed by atoms with Crippen LogP contribution in [-0.2, 0) is 17.8 Å². The Morgan fingerprint density at radius 3 is 2.76 bits per heavy atom. The van der Waals surface area contributed by atoms with Crippen molar-refractivity contribution >= 4 is 11.7 Å². The lowest BCUT2D eigenvalue weighted by Crippen LogP contribution is -2.41. The van der Waals surface area contributed by atoms with Gasteiger partial charge in [0.25, 0.3) is 0 Å². The minimum Gasteiger partial charge on any atom is -0.489 e. The van der Waals surface area contributed by atoms with Gasteiger partial charge in [-0.2, -0.15) is 0 Å². The molecule has 5 nitrogen and oxygen atoms in total. The third kappa shape index (κ3) is 4.51. The average molecular weight is 392 g/mol. The monoisotopic (exact) mass is 392 g/mol. The van der Waals surface area contributed by atoms with Gasteiger partial charge in [-0.15, -0.1) is 0 Å². The maximum absolute atomic E-state index is 13.0. The normalized spacial score (nSPS) is 21.7. The fourth-order valence-electron chi connectivity index (χ4n) is 4.54. The molecule has 29 heavy (non-hydrogen) atoms. The van der Waals surface area contributed by atoms with Gasteiger partial charge in [-0.05, 0) is 74.5 Å². The largest absolute Gasteiger partial charge is 0.489 e. The van der Waals surface area contributed by atoms with Gasteiger partial charge in [-0.25, -0.2) is 0 Å². The Hall–Kier alpha value is -2.66. The van der Waals surface area contributed by atoms with Gasteiger partial charge in [0.1, 0.15) is 12.4 Å². The van der Waals surface area contributed by atoms with Crippen LogP contribution < -0.4 is 10.5 Å². The van der Waals surface area contributed by atoms with Crippen LogP contribution in [0.3, 0.4) is 0 Å². The number of amides is 1. The Balaban J connectivity index is 1.36. The van der Waals surface area contributed by atoms with Crippen LogP contribution in [0.15, 0.2) is 48.5 Å². The van der Waals surface area contributed by atoms with Gasteiger partial charge in [0.05, 0.1) is 6.04 Å². The first-order valence-electron chi connectivity index (χ1n) is 10.5. The number of carbonyl (C=O) groups excluding carboxylic acids is 2. The van der Waals surface area contributed by atoms with Crippen LogP contribution in [-0.4, -0.2) is 35.7 Å². The van der Waals surface area contributed by atoms with Gasteiger partial charge in [-0.1, -0.05) is 30.3 Å². The molecular weight excluding hydrogens is 364 g/mol. The van der Waals surface area contributed by atoms with Crippen molar-refractivity contribution in [1.82, 2.24) is 4.90 Å². The number of aryl methyl sites for hydroxylation is 1. The molecule has 0 saturated carbocycles. The van der Waals surface area contributed by atoms with E-state index in [1.54, 1.807) is 0 Å². The zero-order chi connectivity index (χ0) is 20.2. The summed E-state index contributed by atoms with van der Waals surface area (Å²) in [5.41, 5.74) is 8.52. The second kappa shape index (κ2) is 8.78. The lowest BCUT2D eigenvalue weighted by molar-refractivity contribution is -0.122. The minimum atomic E-state index is -0.245. The standard InChI is InChI=1S/C24H28N2O3/c25-24(28)22-7-4-13-26(22)14-12-18-8-9-19-15-20(10-11-21(19)23(18)27)29-16-17-5-2-1-3-6-17/h1-3,5-6,10-11,15,18,22H,4,7-9,12-14,16H2,(H2,25,28)/t18?,22-/m1/s1. The van der Waals surface area contributed by atoms with Crippen molar-refractivity contribution in [3.8, 4) is 5.75 Å². The van der Waals surface area contributed by atoms with Crippen LogP contribution in [0, 0.1) is 5.92 Å². The fourth-order valence-corrected chi connectivity index (χ4v) is 4.54. The molecule has 2 aromatic carbocycles. The molecule has 0 aromatic heterocycles. The quantitative estimate of drug-likeness (QED) is 0.784. The van der Waals surface area contributed by atoms with E-state index in [0.717, 1.165) is 67.6 Å². The van der Waals surface area contributed by atoms with E-state index in [1.165, 1.54) is 0 Å². The number of fused-ring (bicyclic) bond motifs is 1. The van der Waals surface area contributed by atoms with Gasteiger partial charge in [0, 0.05) is 11.5 Å². The van der Waals surface area contributed by atoms with Crippen molar-refractivity contribution in [3.05, 3.63) is 65.2 Å². The summed E-state index contributed by atoms with van der Waals surface area (Å²) in [6.07, 6.45) is 4.36. The fraction of sp³-hybridized carbons (Fsp3) is 0.417. The molecule has 2 aromatic rings. The van der Waals surface area contributed by atoms with Gasteiger partial charge >= 0.3 is 0 Å². The van der Waals surface area contributed by atoms with E-state index in [4.69, 9.17) is 10.5 Å². The number of primary amides is 1. The van der Waals surface area contributed by atoms with Crippen LogP contribution in [0.4, 0.5) is 0 Å². The molecule has 0 radical (unpaired) electrons. The molecule has 2 N–H and O–H groups in total. The highest BCUT2D eigenvalue weighted by molar-refractivity contribution is 6.00. The predicted octanol–water partition coefficient (Wildman–Crippen LogP) is 3.35. The molecule has 0 bridgehead atoms. The summed E-state index contributed by atoms with van der Waals surface area (Å²) in [7, 11) is 0. The van der Waals surface area contributed by atoms with E-state index >= 15 is 0 Å². The zero-order valence-electron chi connectivity index (χ0n) is 16.7. The first-order valence-corrected chi connectivity index (χ1v) is 10.5. The average Bonchev–Trinajstić information content (AvgIpc) is 3.21. The van der Waals surface area contributed by atoms with Crippen molar-refractivity contribution < 1.29 is 14.3 Å². The van der Waals surface area contributed by atoms with E-state index in [-0.39, 0.29) is 23.7 Å². The number of Topliss-reactive ketones (excluding diaryl/α,β-unsaturated/α-hetero) is 1. The lowest BCUT2D eigenvalue weighted by atomic mass is 9.81. The number of nitrogens with two attached hydrogens (primary N) is 1. The maximum Gasteiger partial charge on any atom is 0.234 e. The number of likely N-dealkylation sites (tertiary alicyclic amines) is 1. The molecule has 1 aliphatic carbocycles. The van der Waals surface area contributed by atoms with E-state index in [9.17, 15) is 9.59 Å². The summed E-state index contributed by atoms with van der Waals surface area (Å²) < 4.78 is 5.91. The summed E-state index contributed by atoms with van der Waals surface area (Å²) in [5, 5.41) is 0. The van der Waals surface area contributed by atoms with Crippen LogP contribution in [0.1, 0.15) is 47.2 Å². The zero-order valence-corrected chi connectivity index (χ0v) is 16.7. The number of carbonyl (C=O) groups is 2. The Morgan fingerprint density at radius 2 is 1.97 bits per heavy atom. The number of nitrogens with zero attached hydrogens (tertiary/aromatic N) is 1. The van der Waals surface area contributed by atoms with Crippen molar-refractivity contribution in [2.24, 2.45) is 11.7 Å². The van der Waals surface area contributed by atoms with E-state index in [2.05, 4.69) is 4.90 Å². The summed E-state index contributed by atoms with van der Waals surface area (Å²) in [4.78, 5) is 26.7. The first-order chi connectivity index (χ1) is 14.1. The molecular formula is C24H28N2O3. The number of hydrogen-bond donors (Lipinski definition) is 1. The van der Waals surface area contributed by atoms with Gasteiger partial charge < -0.3 is 10.5 Å². The highest BCUT2D eigenvalue weighted by Gasteiger charge is 2.32. The van der Waals surface area contributed by atoms with Gasteiger partial charge in [-0.3, -0.25) is 14.5 Å². The Morgan fingerprint density at radius 1 is 1.14 bits per heavy atom. The third-order valence-corrected chi connectivity index (χ3v) is 6.18. The minimum absolute atomic E-state index is 0.0210. The van der Waals surface area contributed by atoms with E-state index in [1.807, 2.05) is 48.5 Å². The number of benzene rings is 2. The number of hydrogen-bond acceptors (Lipinski definition) is 4. The van der Waals surface area contributed by atoms with Crippen molar-refractivity contribution in [1.29, 1.82) is 0 Å². The number of ether oxygens (including phenoxy) is 1. The van der Waals surface area contributed by atoms with E-state index in [0.29, 0.717) is 6.61 Å². The molecule has 5 heteroatoms. The summed E-state index contributed by atoms with van der Waals surface area (Å²) >= 11 is 0. The molecule has 2 aliphatic rings.